The lowest BCUT2D eigenvalue weighted by atomic mass is 10.1. The first-order valence-corrected chi connectivity index (χ1v) is 11.4. The van der Waals surface area contributed by atoms with Gasteiger partial charge in [0.15, 0.2) is 11.5 Å². The Morgan fingerprint density at radius 2 is 1.69 bits per heavy atom. The molecule has 8 heteroatoms. The highest BCUT2D eigenvalue weighted by atomic mass is 79.9. The minimum absolute atomic E-state index is 0.165. The molecule has 3 aromatic carbocycles. The molecule has 1 aliphatic heterocycles. The van der Waals surface area contributed by atoms with Crippen LogP contribution in [0.4, 0.5) is 4.79 Å². The molecule has 3 aromatic rings. The van der Waals surface area contributed by atoms with Crippen LogP contribution in [0.5, 0.6) is 17.2 Å². The Hall–Kier alpha value is -2.97. The van der Waals surface area contributed by atoms with Crippen LogP contribution in [0.1, 0.15) is 5.56 Å². The van der Waals surface area contributed by atoms with Crippen molar-refractivity contribution >= 4 is 55.7 Å². The Bertz CT molecular complexity index is 1220. The molecular formula is C24H20BrNO5S. The number of hydrogen-bond donors (Lipinski definition) is 0. The molecule has 0 radical (unpaired) electrons. The summed E-state index contributed by atoms with van der Waals surface area (Å²) in [5.74, 6) is 1.47. The number of hydrogen-bond acceptors (Lipinski definition) is 6. The zero-order valence-corrected chi connectivity index (χ0v) is 19.9. The van der Waals surface area contributed by atoms with E-state index in [2.05, 4.69) is 15.9 Å². The molecule has 0 unspecified atom stereocenters. The van der Waals surface area contributed by atoms with E-state index in [1.165, 1.54) is 4.90 Å². The third-order valence-corrected chi connectivity index (χ3v) is 6.58. The summed E-state index contributed by atoms with van der Waals surface area (Å²) in [4.78, 5) is 26.9. The van der Waals surface area contributed by atoms with Gasteiger partial charge in [-0.15, -0.1) is 0 Å². The third kappa shape index (κ3) is 4.47. The van der Waals surface area contributed by atoms with Crippen LogP contribution < -0.4 is 14.2 Å². The molecule has 4 rings (SSSR count). The van der Waals surface area contributed by atoms with Gasteiger partial charge in [0.1, 0.15) is 12.4 Å². The molecule has 1 aliphatic rings. The highest BCUT2D eigenvalue weighted by Crippen LogP contribution is 2.37. The molecule has 1 heterocycles. The van der Waals surface area contributed by atoms with Crippen LogP contribution in [0, 0.1) is 0 Å². The van der Waals surface area contributed by atoms with E-state index in [9.17, 15) is 9.59 Å². The standard InChI is InChI=1S/C24H20BrNO5S/c1-29-20-12-16(18(25)14-21(20)30-2)13-22-23(27)26(24(28)32-22)10-11-31-19-9-5-7-15-6-3-4-8-17(15)19/h3-9,12-14H,10-11H2,1-2H3/b22-13-. The summed E-state index contributed by atoms with van der Waals surface area (Å²) in [6.45, 7) is 0.373. The van der Waals surface area contributed by atoms with Crippen molar-refractivity contribution < 1.29 is 23.8 Å². The van der Waals surface area contributed by atoms with Gasteiger partial charge in [0.25, 0.3) is 11.1 Å². The van der Waals surface area contributed by atoms with Gasteiger partial charge in [-0.3, -0.25) is 14.5 Å². The van der Waals surface area contributed by atoms with Crippen molar-refractivity contribution in [1.82, 2.24) is 4.90 Å². The monoisotopic (exact) mass is 513 g/mol. The average Bonchev–Trinajstić information content (AvgIpc) is 3.07. The Morgan fingerprint density at radius 3 is 2.47 bits per heavy atom. The molecule has 2 amide bonds. The van der Waals surface area contributed by atoms with Crippen molar-refractivity contribution in [2.24, 2.45) is 0 Å². The lowest BCUT2D eigenvalue weighted by molar-refractivity contribution is -0.123. The Labute approximate surface area is 198 Å². The van der Waals surface area contributed by atoms with Crippen LogP contribution in [-0.2, 0) is 4.79 Å². The van der Waals surface area contributed by atoms with E-state index in [0.717, 1.165) is 32.8 Å². The number of thioether (sulfide) groups is 1. The number of halogens is 1. The van der Waals surface area contributed by atoms with Crippen LogP contribution >= 0.6 is 27.7 Å². The molecule has 0 spiro atoms. The Kier molecular flexibility index (Phi) is 6.72. The summed E-state index contributed by atoms with van der Waals surface area (Å²) < 4.78 is 17.2. The zero-order valence-electron chi connectivity index (χ0n) is 17.5. The van der Waals surface area contributed by atoms with E-state index in [-0.39, 0.29) is 24.3 Å². The van der Waals surface area contributed by atoms with Crippen molar-refractivity contribution in [3.63, 3.8) is 0 Å². The molecule has 0 bridgehead atoms. The first kappa shape index (κ1) is 22.2. The average molecular weight is 514 g/mol. The molecule has 32 heavy (non-hydrogen) atoms. The van der Waals surface area contributed by atoms with E-state index in [4.69, 9.17) is 14.2 Å². The van der Waals surface area contributed by atoms with E-state index in [1.807, 2.05) is 42.5 Å². The van der Waals surface area contributed by atoms with Crippen LogP contribution in [0.2, 0.25) is 0 Å². The van der Waals surface area contributed by atoms with Gasteiger partial charge in [0.2, 0.25) is 0 Å². The Balaban J connectivity index is 1.47. The predicted octanol–water partition coefficient (Wildman–Crippen LogP) is 5.73. The van der Waals surface area contributed by atoms with Crippen LogP contribution in [-0.4, -0.2) is 43.4 Å². The van der Waals surface area contributed by atoms with E-state index >= 15 is 0 Å². The topological polar surface area (TPSA) is 65.1 Å². The van der Waals surface area contributed by atoms with Gasteiger partial charge < -0.3 is 14.2 Å². The summed E-state index contributed by atoms with van der Waals surface area (Å²) in [6, 6.07) is 17.2. The number of carbonyl (C=O) groups excluding carboxylic acids is 2. The minimum atomic E-state index is -0.344. The van der Waals surface area contributed by atoms with Gasteiger partial charge in [-0.25, -0.2) is 0 Å². The molecule has 0 atom stereocenters. The van der Waals surface area contributed by atoms with Gasteiger partial charge in [-0.2, -0.15) is 0 Å². The molecule has 1 fully saturated rings. The second-order valence-electron chi connectivity index (χ2n) is 6.89. The van der Waals surface area contributed by atoms with E-state index in [0.29, 0.717) is 22.0 Å². The first-order chi connectivity index (χ1) is 15.5. The van der Waals surface area contributed by atoms with E-state index in [1.54, 1.807) is 32.4 Å². The SMILES string of the molecule is COc1cc(Br)c(/C=C2\SC(=O)N(CCOc3cccc4ccccc34)C2=O)cc1OC. The fourth-order valence-electron chi connectivity index (χ4n) is 3.38. The molecular weight excluding hydrogens is 494 g/mol. The van der Waals surface area contributed by atoms with Gasteiger partial charge in [0.05, 0.1) is 25.7 Å². The highest BCUT2D eigenvalue weighted by Gasteiger charge is 2.35. The van der Waals surface area contributed by atoms with Crippen molar-refractivity contribution in [3.8, 4) is 17.2 Å². The Morgan fingerprint density at radius 1 is 0.969 bits per heavy atom. The van der Waals surface area contributed by atoms with Gasteiger partial charge >= 0.3 is 0 Å². The molecule has 0 aliphatic carbocycles. The maximum absolute atomic E-state index is 12.9. The van der Waals surface area contributed by atoms with Crippen LogP contribution in [0.15, 0.2) is 64.0 Å². The van der Waals surface area contributed by atoms with Gasteiger partial charge in [0, 0.05) is 9.86 Å². The quantitative estimate of drug-likeness (QED) is 0.375. The third-order valence-electron chi connectivity index (χ3n) is 4.99. The summed E-state index contributed by atoms with van der Waals surface area (Å²) in [6.07, 6.45) is 1.67. The van der Waals surface area contributed by atoms with Crippen molar-refractivity contribution in [3.05, 3.63) is 69.5 Å². The largest absolute Gasteiger partial charge is 0.493 e. The molecule has 0 saturated carbocycles. The number of fused-ring (bicyclic) bond motifs is 1. The molecule has 0 N–H and O–H groups in total. The normalized spacial score (nSPS) is 15.0. The second kappa shape index (κ2) is 9.67. The minimum Gasteiger partial charge on any atom is -0.493 e. The lowest BCUT2D eigenvalue weighted by Gasteiger charge is -2.14. The number of amides is 2. The molecule has 6 nitrogen and oxygen atoms in total. The van der Waals surface area contributed by atoms with Crippen molar-refractivity contribution in [2.45, 2.75) is 0 Å². The van der Waals surface area contributed by atoms with Gasteiger partial charge in [-0.05, 0) is 47.0 Å². The van der Waals surface area contributed by atoms with Crippen molar-refractivity contribution in [1.29, 1.82) is 0 Å². The highest BCUT2D eigenvalue weighted by molar-refractivity contribution is 9.10. The molecule has 0 aromatic heterocycles. The van der Waals surface area contributed by atoms with E-state index < -0.39 is 0 Å². The number of rotatable bonds is 7. The number of ether oxygens (including phenoxy) is 3. The molecule has 1 saturated heterocycles. The lowest BCUT2D eigenvalue weighted by Crippen LogP contribution is -2.32. The summed E-state index contributed by atoms with van der Waals surface area (Å²) in [5, 5.41) is 1.74. The number of carbonyl (C=O) groups is 2. The smallest absolute Gasteiger partial charge is 0.293 e. The van der Waals surface area contributed by atoms with Crippen LogP contribution in [0.25, 0.3) is 16.8 Å². The fourth-order valence-corrected chi connectivity index (χ4v) is 4.68. The number of imide groups is 1. The number of methoxy groups -OCH3 is 2. The maximum Gasteiger partial charge on any atom is 0.293 e. The number of benzene rings is 3. The maximum atomic E-state index is 12.9. The number of nitrogens with zero attached hydrogens (tertiary/aromatic N) is 1. The summed E-state index contributed by atoms with van der Waals surface area (Å²) >= 11 is 4.38. The van der Waals surface area contributed by atoms with Gasteiger partial charge in [-0.1, -0.05) is 52.3 Å². The molecule has 164 valence electrons. The zero-order chi connectivity index (χ0) is 22.7. The fraction of sp³-hybridized carbons (Fsp3) is 0.167. The van der Waals surface area contributed by atoms with Crippen molar-refractivity contribution in [2.75, 3.05) is 27.4 Å². The van der Waals surface area contributed by atoms with Crippen LogP contribution in [0.3, 0.4) is 0 Å². The predicted molar refractivity (Wildman–Crippen MR) is 129 cm³/mol. The second-order valence-corrected chi connectivity index (χ2v) is 8.74. The first-order valence-electron chi connectivity index (χ1n) is 9.79. The summed E-state index contributed by atoms with van der Waals surface area (Å²) in [7, 11) is 3.09. The summed E-state index contributed by atoms with van der Waals surface area (Å²) in [5.41, 5.74) is 0.708.